The van der Waals surface area contributed by atoms with Crippen LogP contribution >= 0.6 is 0 Å². The normalized spacial score (nSPS) is 11.7. The lowest BCUT2D eigenvalue weighted by Crippen LogP contribution is -2.27. The minimum atomic E-state index is -3.53. The van der Waals surface area contributed by atoms with Crippen molar-refractivity contribution in [3.8, 4) is 5.75 Å². The SMILES string of the molecule is CCOc1ccc(S(=O)(=O)NCCCNC)c2ccccc12. The van der Waals surface area contributed by atoms with Gasteiger partial charge in [0.05, 0.1) is 11.5 Å². The lowest BCUT2D eigenvalue weighted by molar-refractivity contribution is 0.344. The van der Waals surface area contributed by atoms with Gasteiger partial charge in [0, 0.05) is 17.3 Å². The van der Waals surface area contributed by atoms with Crippen molar-refractivity contribution in [1.29, 1.82) is 0 Å². The van der Waals surface area contributed by atoms with E-state index in [9.17, 15) is 8.42 Å². The van der Waals surface area contributed by atoms with Gasteiger partial charge in [-0.3, -0.25) is 0 Å². The van der Waals surface area contributed by atoms with Crippen molar-refractivity contribution in [1.82, 2.24) is 10.0 Å². The molecule has 0 amide bonds. The van der Waals surface area contributed by atoms with E-state index in [0.29, 0.717) is 24.3 Å². The number of rotatable bonds is 8. The van der Waals surface area contributed by atoms with Gasteiger partial charge in [0.1, 0.15) is 5.75 Å². The standard InChI is InChI=1S/C16H22N2O3S/c1-3-21-15-9-10-16(14-8-5-4-7-13(14)15)22(19,20)18-12-6-11-17-2/h4-5,7-10,17-18H,3,6,11-12H2,1-2H3. The maximum atomic E-state index is 12.5. The number of nitrogens with one attached hydrogen (secondary N) is 2. The largest absolute Gasteiger partial charge is 0.493 e. The molecule has 0 heterocycles. The zero-order valence-electron chi connectivity index (χ0n) is 12.9. The van der Waals surface area contributed by atoms with Gasteiger partial charge in [0.25, 0.3) is 0 Å². The van der Waals surface area contributed by atoms with Crippen LogP contribution in [0, 0.1) is 0 Å². The molecule has 120 valence electrons. The molecule has 6 heteroatoms. The lowest BCUT2D eigenvalue weighted by Gasteiger charge is -2.12. The highest BCUT2D eigenvalue weighted by Gasteiger charge is 2.18. The third kappa shape index (κ3) is 3.76. The topological polar surface area (TPSA) is 67.4 Å². The van der Waals surface area contributed by atoms with Crippen LogP contribution in [0.2, 0.25) is 0 Å². The van der Waals surface area contributed by atoms with E-state index in [1.54, 1.807) is 18.2 Å². The van der Waals surface area contributed by atoms with Gasteiger partial charge >= 0.3 is 0 Å². The monoisotopic (exact) mass is 322 g/mol. The molecule has 0 spiro atoms. The third-order valence-electron chi connectivity index (χ3n) is 3.33. The summed E-state index contributed by atoms with van der Waals surface area (Å²) >= 11 is 0. The lowest BCUT2D eigenvalue weighted by atomic mass is 10.1. The fourth-order valence-electron chi connectivity index (χ4n) is 2.31. The van der Waals surface area contributed by atoms with Crippen molar-refractivity contribution in [2.45, 2.75) is 18.2 Å². The molecule has 0 unspecified atom stereocenters. The van der Waals surface area contributed by atoms with Gasteiger partial charge in [0.2, 0.25) is 10.0 Å². The number of hydrogen-bond acceptors (Lipinski definition) is 4. The Balaban J connectivity index is 2.37. The molecule has 0 bridgehead atoms. The van der Waals surface area contributed by atoms with Crippen LogP contribution in [0.4, 0.5) is 0 Å². The Morgan fingerprint density at radius 2 is 1.77 bits per heavy atom. The first kappa shape index (κ1) is 16.7. The highest BCUT2D eigenvalue weighted by atomic mass is 32.2. The van der Waals surface area contributed by atoms with Gasteiger partial charge in [-0.1, -0.05) is 24.3 Å². The Morgan fingerprint density at radius 1 is 1.05 bits per heavy atom. The predicted octanol–water partition coefficient (Wildman–Crippen LogP) is 2.13. The van der Waals surface area contributed by atoms with E-state index in [4.69, 9.17) is 4.74 Å². The van der Waals surface area contributed by atoms with Gasteiger partial charge in [-0.05, 0) is 39.1 Å². The molecule has 0 radical (unpaired) electrons. The summed E-state index contributed by atoms with van der Waals surface area (Å²) in [6.45, 7) is 3.62. The van der Waals surface area contributed by atoms with Gasteiger partial charge in [-0.2, -0.15) is 0 Å². The molecule has 0 aliphatic heterocycles. The first-order valence-electron chi connectivity index (χ1n) is 7.39. The van der Waals surface area contributed by atoms with E-state index in [1.165, 1.54) is 0 Å². The summed E-state index contributed by atoms with van der Waals surface area (Å²) in [5.74, 6) is 0.701. The molecular formula is C16H22N2O3S. The Morgan fingerprint density at radius 3 is 2.45 bits per heavy atom. The fraction of sp³-hybridized carbons (Fsp3) is 0.375. The summed E-state index contributed by atoms with van der Waals surface area (Å²) in [4.78, 5) is 0.288. The number of hydrogen-bond donors (Lipinski definition) is 2. The van der Waals surface area contributed by atoms with Crippen LogP contribution in [-0.4, -0.2) is 35.2 Å². The summed E-state index contributed by atoms with van der Waals surface area (Å²) in [5, 5.41) is 4.48. The van der Waals surface area contributed by atoms with Crippen molar-refractivity contribution >= 4 is 20.8 Å². The van der Waals surface area contributed by atoms with Crippen LogP contribution in [-0.2, 0) is 10.0 Å². The molecular weight excluding hydrogens is 300 g/mol. The molecule has 0 saturated heterocycles. The van der Waals surface area contributed by atoms with Gasteiger partial charge in [0.15, 0.2) is 0 Å². The van der Waals surface area contributed by atoms with Crippen LogP contribution in [0.25, 0.3) is 10.8 Å². The molecule has 2 rings (SSSR count). The van der Waals surface area contributed by atoms with Crippen LogP contribution in [0.15, 0.2) is 41.3 Å². The summed E-state index contributed by atoms with van der Waals surface area (Å²) in [6.07, 6.45) is 0.741. The van der Waals surface area contributed by atoms with Crippen LogP contribution in [0.3, 0.4) is 0 Å². The maximum absolute atomic E-state index is 12.5. The molecule has 0 atom stereocenters. The van der Waals surface area contributed by atoms with Crippen molar-refractivity contribution < 1.29 is 13.2 Å². The minimum Gasteiger partial charge on any atom is -0.493 e. The van der Waals surface area contributed by atoms with Gasteiger partial charge < -0.3 is 10.1 Å². The third-order valence-corrected chi connectivity index (χ3v) is 4.85. The zero-order valence-corrected chi connectivity index (χ0v) is 13.7. The van der Waals surface area contributed by atoms with Crippen molar-refractivity contribution in [3.63, 3.8) is 0 Å². The maximum Gasteiger partial charge on any atom is 0.241 e. The predicted molar refractivity (Wildman–Crippen MR) is 88.8 cm³/mol. The van der Waals surface area contributed by atoms with E-state index >= 15 is 0 Å². The van der Waals surface area contributed by atoms with E-state index < -0.39 is 10.0 Å². The summed E-state index contributed by atoms with van der Waals surface area (Å²) in [7, 11) is -1.69. The second kappa shape index (κ2) is 7.58. The van der Waals surface area contributed by atoms with Crippen LogP contribution in [0.5, 0.6) is 5.75 Å². The summed E-state index contributed by atoms with van der Waals surface area (Å²) in [5.41, 5.74) is 0. The van der Waals surface area contributed by atoms with Crippen LogP contribution < -0.4 is 14.8 Å². The second-order valence-electron chi connectivity index (χ2n) is 4.90. The van der Waals surface area contributed by atoms with E-state index in [0.717, 1.165) is 18.4 Å². The molecule has 22 heavy (non-hydrogen) atoms. The Hall–Kier alpha value is -1.63. The molecule has 0 aromatic heterocycles. The average Bonchev–Trinajstić information content (AvgIpc) is 2.52. The molecule has 5 nitrogen and oxygen atoms in total. The minimum absolute atomic E-state index is 0.288. The first-order valence-corrected chi connectivity index (χ1v) is 8.87. The van der Waals surface area contributed by atoms with E-state index in [-0.39, 0.29) is 4.90 Å². The first-order chi connectivity index (χ1) is 10.6. The molecule has 0 saturated carbocycles. The van der Waals surface area contributed by atoms with E-state index in [1.807, 2.05) is 32.2 Å². The second-order valence-corrected chi connectivity index (χ2v) is 6.63. The van der Waals surface area contributed by atoms with Crippen LogP contribution in [0.1, 0.15) is 13.3 Å². The van der Waals surface area contributed by atoms with Crippen molar-refractivity contribution in [3.05, 3.63) is 36.4 Å². The fourth-order valence-corrected chi connectivity index (χ4v) is 3.59. The van der Waals surface area contributed by atoms with Gasteiger partial charge in [-0.25, -0.2) is 13.1 Å². The Kier molecular flexibility index (Phi) is 5.76. The quantitative estimate of drug-likeness (QED) is 0.731. The van der Waals surface area contributed by atoms with E-state index in [2.05, 4.69) is 10.0 Å². The number of fused-ring (bicyclic) bond motifs is 1. The molecule has 2 aromatic rings. The molecule has 2 N–H and O–H groups in total. The number of ether oxygens (including phenoxy) is 1. The highest BCUT2D eigenvalue weighted by molar-refractivity contribution is 7.89. The van der Waals surface area contributed by atoms with Crippen molar-refractivity contribution in [2.24, 2.45) is 0 Å². The smallest absolute Gasteiger partial charge is 0.241 e. The highest BCUT2D eigenvalue weighted by Crippen LogP contribution is 2.30. The van der Waals surface area contributed by atoms with Gasteiger partial charge in [-0.15, -0.1) is 0 Å². The summed E-state index contributed by atoms with van der Waals surface area (Å²) in [6, 6.07) is 10.7. The molecule has 2 aromatic carbocycles. The average molecular weight is 322 g/mol. The molecule has 0 aliphatic carbocycles. The number of benzene rings is 2. The number of sulfonamides is 1. The Labute approximate surface area is 131 Å². The summed E-state index contributed by atoms with van der Waals surface area (Å²) < 4.78 is 33.2. The molecule has 0 aliphatic rings. The van der Waals surface area contributed by atoms with Crippen molar-refractivity contribution in [2.75, 3.05) is 26.7 Å². The molecule has 0 fully saturated rings. The zero-order chi connectivity index (χ0) is 16.0. The Bertz CT molecular complexity index is 729.